The second-order valence-electron chi connectivity index (χ2n) is 3.92. The van der Waals surface area contributed by atoms with E-state index in [-0.39, 0.29) is 10.0 Å². The van der Waals surface area contributed by atoms with Gasteiger partial charge >= 0.3 is 0 Å². The summed E-state index contributed by atoms with van der Waals surface area (Å²) in [6.45, 7) is 0.436. The van der Waals surface area contributed by atoms with E-state index in [1.807, 2.05) is 0 Å². The highest BCUT2D eigenvalue weighted by Gasteiger charge is 2.21. The summed E-state index contributed by atoms with van der Waals surface area (Å²) < 4.78 is 28.9. The Hall–Kier alpha value is 0.140. The van der Waals surface area contributed by atoms with Crippen molar-refractivity contribution in [2.24, 2.45) is 7.05 Å². The van der Waals surface area contributed by atoms with Crippen LogP contribution in [0.3, 0.4) is 0 Å². The summed E-state index contributed by atoms with van der Waals surface area (Å²) in [5.41, 5.74) is 0. The molecule has 0 aliphatic heterocycles. The molecule has 0 spiro atoms. The first-order chi connectivity index (χ1) is 8.49. The van der Waals surface area contributed by atoms with Crippen LogP contribution in [0.4, 0.5) is 0 Å². The largest absolute Gasteiger partial charge is 0.259 e. The second-order valence-corrected chi connectivity index (χ2v) is 7.09. The quantitative estimate of drug-likeness (QED) is 0.410. The van der Waals surface area contributed by atoms with E-state index >= 15 is 0 Å². The van der Waals surface area contributed by atoms with E-state index in [9.17, 15) is 8.42 Å². The van der Waals surface area contributed by atoms with Gasteiger partial charge in [-0.25, -0.2) is 13.1 Å². The Morgan fingerprint density at radius 1 is 1.39 bits per heavy atom. The maximum Gasteiger partial charge on any atom is 0.259 e. The molecule has 0 aliphatic rings. The van der Waals surface area contributed by atoms with E-state index in [4.69, 9.17) is 11.6 Å². The number of hydrogen-bond acceptors (Lipinski definition) is 3. The molecule has 0 amide bonds. The molecule has 0 fully saturated rings. The van der Waals surface area contributed by atoms with Gasteiger partial charge in [-0.1, -0.05) is 47.0 Å². The van der Waals surface area contributed by atoms with Gasteiger partial charge < -0.3 is 0 Å². The van der Waals surface area contributed by atoms with Crippen LogP contribution >= 0.6 is 34.2 Å². The lowest BCUT2D eigenvalue weighted by atomic mass is 10.2. The number of hydrogen-bond donors (Lipinski definition) is 1. The Balaban J connectivity index is 2.46. The van der Waals surface area contributed by atoms with Gasteiger partial charge in [0.05, 0.1) is 11.2 Å². The van der Waals surface area contributed by atoms with Gasteiger partial charge in [0, 0.05) is 13.6 Å². The Kier molecular flexibility index (Phi) is 6.89. The maximum absolute atomic E-state index is 12.0. The number of unbranched alkanes of at least 4 members (excludes halogenated alkanes) is 3. The Morgan fingerprint density at radius 2 is 2.06 bits per heavy atom. The zero-order valence-electron chi connectivity index (χ0n) is 10.2. The highest BCUT2D eigenvalue weighted by atomic mass is 127. The number of aryl methyl sites for hydroxylation is 1. The summed E-state index contributed by atoms with van der Waals surface area (Å²) in [5, 5.41) is 3.99. The predicted molar refractivity (Wildman–Crippen MR) is 80.8 cm³/mol. The van der Waals surface area contributed by atoms with Crippen molar-refractivity contribution in [2.45, 2.75) is 30.7 Å². The average Bonchev–Trinajstić information content (AvgIpc) is 2.64. The fourth-order valence-electron chi connectivity index (χ4n) is 1.55. The van der Waals surface area contributed by atoms with Crippen LogP contribution in [0.15, 0.2) is 11.2 Å². The monoisotopic (exact) mass is 405 g/mol. The Labute approximate surface area is 126 Å². The van der Waals surface area contributed by atoms with Gasteiger partial charge in [-0.05, 0) is 17.3 Å². The van der Waals surface area contributed by atoms with Crippen molar-refractivity contribution in [1.82, 2.24) is 14.5 Å². The van der Waals surface area contributed by atoms with Gasteiger partial charge in [-0.3, -0.25) is 4.68 Å². The van der Waals surface area contributed by atoms with Crippen LogP contribution in [0.25, 0.3) is 0 Å². The first-order valence-corrected chi connectivity index (χ1v) is 9.11. The highest BCUT2D eigenvalue weighted by molar-refractivity contribution is 14.1. The first kappa shape index (κ1) is 16.2. The van der Waals surface area contributed by atoms with Crippen LogP contribution in [0.2, 0.25) is 5.02 Å². The standard InChI is InChI=1S/C10H17ClIN3O2S/c1-15-10(9(11)8-13-15)18(16,17)14-7-5-3-2-4-6-12/h8,14H,2-7H2,1H3. The van der Waals surface area contributed by atoms with Crippen LogP contribution in [-0.2, 0) is 17.1 Å². The number of rotatable bonds is 8. The number of sulfonamides is 1. The molecule has 104 valence electrons. The number of alkyl halides is 1. The van der Waals surface area contributed by atoms with Gasteiger partial charge in [-0.15, -0.1) is 0 Å². The van der Waals surface area contributed by atoms with Gasteiger partial charge in [0.15, 0.2) is 5.03 Å². The van der Waals surface area contributed by atoms with Gasteiger partial charge in [0.25, 0.3) is 10.0 Å². The molecule has 1 aromatic rings. The van der Waals surface area contributed by atoms with Crippen LogP contribution in [-0.4, -0.2) is 29.2 Å². The minimum atomic E-state index is -3.55. The van der Waals surface area contributed by atoms with Crippen molar-refractivity contribution in [3.8, 4) is 0 Å². The molecule has 1 rings (SSSR count). The fraction of sp³-hybridized carbons (Fsp3) is 0.700. The van der Waals surface area contributed by atoms with Crippen LogP contribution < -0.4 is 4.72 Å². The SMILES string of the molecule is Cn1ncc(Cl)c1S(=O)(=O)NCCCCCCI. The molecule has 1 N–H and O–H groups in total. The minimum Gasteiger partial charge on any atom is -0.255 e. The lowest BCUT2D eigenvalue weighted by Gasteiger charge is -2.07. The normalized spacial score (nSPS) is 11.9. The smallest absolute Gasteiger partial charge is 0.255 e. The summed E-state index contributed by atoms with van der Waals surface area (Å²) >= 11 is 8.15. The Morgan fingerprint density at radius 3 is 2.61 bits per heavy atom. The summed E-state index contributed by atoms with van der Waals surface area (Å²) in [6.07, 6.45) is 5.52. The maximum atomic E-state index is 12.0. The predicted octanol–water partition coefficient (Wildman–Crippen LogP) is 2.35. The molecule has 0 unspecified atom stereocenters. The number of nitrogens with zero attached hydrogens (tertiary/aromatic N) is 2. The molecule has 0 saturated carbocycles. The topological polar surface area (TPSA) is 64.0 Å². The summed E-state index contributed by atoms with van der Waals surface area (Å²) in [5.74, 6) is 0. The van der Waals surface area contributed by atoms with Crippen molar-refractivity contribution >= 4 is 44.2 Å². The van der Waals surface area contributed by atoms with Gasteiger partial charge in [0.2, 0.25) is 0 Å². The van der Waals surface area contributed by atoms with E-state index in [2.05, 4.69) is 32.4 Å². The van der Waals surface area contributed by atoms with E-state index in [0.29, 0.717) is 6.54 Å². The van der Waals surface area contributed by atoms with Gasteiger partial charge in [0.1, 0.15) is 0 Å². The van der Waals surface area contributed by atoms with E-state index < -0.39 is 10.0 Å². The van der Waals surface area contributed by atoms with Crippen molar-refractivity contribution in [2.75, 3.05) is 11.0 Å². The zero-order valence-corrected chi connectivity index (χ0v) is 13.9. The third kappa shape index (κ3) is 4.67. The molecule has 0 aromatic carbocycles. The molecule has 0 bridgehead atoms. The third-order valence-electron chi connectivity index (χ3n) is 2.45. The molecule has 1 heterocycles. The Bertz CT molecular complexity index is 456. The molecular weight excluding hydrogens is 389 g/mol. The lowest BCUT2D eigenvalue weighted by molar-refractivity contribution is 0.557. The minimum absolute atomic E-state index is 0.0245. The highest BCUT2D eigenvalue weighted by Crippen LogP contribution is 2.19. The first-order valence-electron chi connectivity index (χ1n) is 5.72. The summed E-state index contributed by atoms with van der Waals surface area (Å²) in [4.78, 5) is 0. The van der Waals surface area contributed by atoms with Crippen molar-refractivity contribution in [3.05, 3.63) is 11.2 Å². The average molecular weight is 406 g/mol. The summed E-state index contributed by atoms with van der Waals surface area (Å²) in [7, 11) is -2.00. The molecule has 0 radical (unpaired) electrons. The van der Waals surface area contributed by atoms with E-state index in [0.717, 1.165) is 23.7 Å². The molecule has 1 aromatic heterocycles. The van der Waals surface area contributed by atoms with E-state index in [1.165, 1.54) is 17.3 Å². The molecular formula is C10H17ClIN3O2S. The van der Waals surface area contributed by atoms with Crippen LogP contribution in [0.1, 0.15) is 25.7 Å². The molecule has 5 nitrogen and oxygen atoms in total. The molecule has 18 heavy (non-hydrogen) atoms. The van der Waals surface area contributed by atoms with Crippen LogP contribution in [0, 0.1) is 0 Å². The van der Waals surface area contributed by atoms with E-state index in [1.54, 1.807) is 7.05 Å². The number of nitrogens with one attached hydrogen (secondary N) is 1. The molecule has 0 saturated heterocycles. The third-order valence-corrected chi connectivity index (χ3v) is 5.18. The number of aromatic nitrogens is 2. The molecule has 8 heteroatoms. The van der Waals surface area contributed by atoms with Crippen LogP contribution in [0.5, 0.6) is 0 Å². The fourth-order valence-corrected chi connectivity index (χ4v) is 3.81. The summed E-state index contributed by atoms with van der Waals surface area (Å²) in [6, 6.07) is 0. The zero-order chi connectivity index (χ0) is 13.6. The van der Waals surface area contributed by atoms with Crippen molar-refractivity contribution in [1.29, 1.82) is 0 Å². The molecule has 0 atom stereocenters. The van der Waals surface area contributed by atoms with Crippen molar-refractivity contribution < 1.29 is 8.42 Å². The van der Waals surface area contributed by atoms with Crippen molar-refractivity contribution in [3.63, 3.8) is 0 Å². The molecule has 0 aliphatic carbocycles. The van der Waals surface area contributed by atoms with Gasteiger partial charge in [-0.2, -0.15) is 5.10 Å². The lowest BCUT2D eigenvalue weighted by Crippen LogP contribution is -2.27. The second kappa shape index (κ2) is 7.66. The number of halogens is 2.